The summed E-state index contributed by atoms with van der Waals surface area (Å²) in [5, 5.41) is 2.56. The molecule has 2 aromatic heterocycles. The van der Waals surface area contributed by atoms with Gasteiger partial charge in [-0.25, -0.2) is 4.98 Å². The maximum absolute atomic E-state index is 6.26. The van der Waals surface area contributed by atoms with Gasteiger partial charge in [-0.1, -0.05) is 23.7 Å². The first-order valence-electron chi connectivity index (χ1n) is 9.63. The number of aromatic nitrogens is 1. The molecule has 0 bridgehead atoms. The molecule has 0 unspecified atom stereocenters. The maximum Gasteiger partial charge on any atom is 0.196 e. The summed E-state index contributed by atoms with van der Waals surface area (Å²) < 4.78 is 17.8. The van der Waals surface area contributed by atoms with Gasteiger partial charge in [0.15, 0.2) is 11.3 Å². The molecule has 5 rings (SSSR count). The molecule has 0 spiro atoms. The Morgan fingerprint density at radius 2 is 1.93 bits per heavy atom. The van der Waals surface area contributed by atoms with Crippen LogP contribution >= 0.6 is 11.6 Å². The highest BCUT2D eigenvalue weighted by Gasteiger charge is 2.18. The van der Waals surface area contributed by atoms with Crippen LogP contribution in [0.25, 0.3) is 33.0 Å². The van der Waals surface area contributed by atoms with Gasteiger partial charge in [-0.3, -0.25) is 4.90 Å². The minimum atomic E-state index is 0.616. The fourth-order valence-electron chi connectivity index (χ4n) is 3.76. The molecule has 4 aromatic rings. The largest absolute Gasteiger partial charge is 0.489 e. The molecule has 1 aliphatic heterocycles. The van der Waals surface area contributed by atoms with Crippen molar-refractivity contribution in [1.29, 1.82) is 0 Å². The van der Waals surface area contributed by atoms with Gasteiger partial charge in [0, 0.05) is 35.4 Å². The average molecular weight is 397 g/mol. The quantitative estimate of drug-likeness (QED) is 0.449. The van der Waals surface area contributed by atoms with Gasteiger partial charge in [-0.15, -0.1) is 0 Å². The number of ether oxygens (including phenoxy) is 2. The molecule has 0 amide bonds. The number of nitrogens with zero attached hydrogens (tertiary/aromatic N) is 2. The Hall–Kier alpha value is -2.34. The maximum atomic E-state index is 6.26. The molecular formula is C22H21ClN2O3. The first-order chi connectivity index (χ1) is 13.8. The summed E-state index contributed by atoms with van der Waals surface area (Å²) in [4.78, 5) is 7.22. The fourth-order valence-corrected chi connectivity index (χ4v) is 3.93. The van der Waals surface area contributed by atoms with E-state index in [9.17, 15) is 0 Å². The van der Waals surface area contributed by atoms with E-state index in [2.05, 4.69) is 4.90 Å². The molecule has 28 heavy (non-hydrogen) atoms. The van der Waals surface area contributed by atoms with E-state index in [-0.39, 0.29) is 0 Å². The molecule has 5 nitrogen and oxygen atoms in total. The van der Waals surface area contributed by atoms with Crippen LogP contribution in [0.4, 0.5) is 0 Å². The standard InChI is InChI=1S/C22H21ClN2O3/c23-15-6-7-16-18(14-15)24-20-17-4-1-2-5-19(17)28-22(20)21(16)27-11-3-8-25-9-12-26-13-10-25/h1-2,4-7,14H,3,8-13H2. The summed E-state index contributed by atoms with van der Waals surface area (Å²) in [5.74, 6) is 0.745. The molecule has 0 radical (unpaired) electrons. The van der Waals surface area contributed by atoms with Gasteiger partial charge in [0.25, 0.3) is 0 Å². The molecule has 0 aliphatic carbocycles. The summed E-state index contributed by atoms with van der Waals surface area (Å²) in [7, 11) is 0. The van der Waals surface area contributed by atoms with Crippen molar-refractivity contribution >= 4 is 44.6 Å². The Labute approximate surface area is 167 Å². The van der Waals surface area contributed by atoms with Crippen LogP contribution < -0.4 is 4.74 Å². The minimum absolute atomic E-state index is 0.616. The molecule has 6 heteroatoms. The fraction of sp³-hybridized carbons (Fsp3) is 0.318. The third kappa shape index (κ3) is 3.30. The Morgan fingerprint density at radius 3 is 2.82 bits per heavy atom. The summed E-state index contributed by atoms with van der Waals surface area (Å²) >= 11 is 6.21. The number of para-hydroxylation sites is 1. The summed E-state index contributed by atoms with van der Waals surface area (Å²) in [6.07, 6.45) is 0.944. The molecule has 0 atom stereocenters. The van der Waals surface area contributed by atoms with Crippen LogP contribution in [0.3, 0.4) is 0 Å². The van der Waals surface area contributed by atoms with Crippen LogP contribution in [0.15, 0.2) is 46.9 Å². The minimum Gasteiger partial charge on any atom is -0.489 e. The van der Waals surface area contributed by atoms with Crippen LogP contribution in [0.2, 0.25) is 5.02 Å². The third-order valence-electron chi connectivity index (χ3n) is 5.18. The van der Waals surface area contributed by atoms with E-state index in [1.54, 1.807) is 0 Å². The zero-order chi connectivity index (χ0) is 18.9. The van der Waals surface area contributed by atoms with E-state index in [0.29, 0.717) is 17.2 Å². The molecule has 1 saturated heterocycles. The van der Waals surface area contributed by atoms with E-state index in [1.807, 2.05) is 42.5 Å². The number of fused-ring (bicyclic) bond motifs is 4. The molecule has 2 aromatic carbocycles. The first kappa shape index (κ1) is 17.7. The SMILES string of the molecule is Clc1ccc2c(OCCCN3CCOCC3)c3oc4ccccc4c3nc2c1. The van der Waals surface area contributed by atoms with E-state index < -0.39 is 0 Å². The van der Waals surface area contributed by atoms with Crippen molar-refractivity contribution in [3.63, 3.8) is 0 Å². The number of hydrogen-bond donors (Lipinski definition) is 0. The van der Waals surface area contributed by atoms with E-state index in [1.165, 1.54) is 0 Å². The molecular weight excluding hydrogens is 376 g/mol. The summed E-state index contributed by atoms with van der Waals surface area (Å²) in [5.41, 5.74) is 3.13. The van der Waals surface area contributed by atoms with Crippen molar-refractivity contribution in [3.05, 3.63) is 47.5 Å². The second-order valence-corrected chi connectivity index (χ2v) is 7.47. The van der Waals surface area contributed by atoms with Gasteiger partial charge in [-0.05, 0) is 36.8 Å². The van der Waals surface area contributed by atoms with E-state index in [4.69, 9.17) is 30.5 Å². The van der Waals surface area contributed by atoms with Crippen molar-refractivity contribution in [3.8, 4) is 5.75 Å². The zero-order valence-electron chi connectivity index (χ0n) is 15.5. The normalized spacial score (nSPS) is 15.6. The molecule has 3 heterocycles. The third-order valence-corrected chi connectivity index (χ3v) is 5.42. The van der Waals surface area contributed by atoms with Crippen molar-refractivity contribution in [2.75, 3.05) is 39.5 Å². The number of benzene rings is 2. The van der Waals surface area contributed by atoms with Gasteiger partial charge in [0.2, 0.25) is 0 Å². The predicted octanol–water partition coefficient (Wildman–Crippen LogP) is 4.89. The lowest BCUT2D eigenvalue weighted by molar-refractivity contribution is 0.0358. The lowest BCUT2D eigenvalue weighted by atomic mass is 10.1. The Balaban J connectivity index is 1.49. The number of halogens is 1. The molecule has 0 saturated carbocycles. The second kappa shape index (κ2) is 7.59. The Kier molecular flexibility index (Phi) is 4.81. The van der Waals surface area contributed by atoms with Gasteiger partial charge in [0.05, 0.1) is 25.3 Å². The second-order valence-electron chi connectivity index (χ2n) is 7.03. The highest BCUT2D eigenvalue weighted by molar-refractivity contribution is 6.31. The highest BCUT2D eigenvalue weighted by Crippen LogP contribution is 2.39. The number of hydrogen-bond acceptors (Lipinski definition) is 5. The van der Waals surface area contributed by atoms with Crippen LogP contribution in [-0.4, -0.2) is 49.3 Å². The number of rotatable bonds is 5. The zero-order valence-corrected chi connectivity index (χ0v) is 16.2. The first-order valence-corrected chi connectivity index (χ1v) is 10.0. The van der Waals surface area contributed by atoms with Gasteiger partial charge < -0.3 is 13.9 Å². The number of morpholine rings is 1. The summed E-state index contributed by atoms with van der Waals surface area (Å²) in [6.45, 7) is 5.23. The van der Waals surface area contributed by atoms with Crippen LogP contribution in [0, 0.1) is 0 Å². The van der Waals surface area contributed by atoms with E-state index >= 15 is 0 Å². The van der Waals surface area contributed by atoms with Gasteiger partial charge in [-0.2, -0.15) is 0 Å². The molecule has 1 aliphatic rings. The van der Waals surface area contributed by atoms with Crippen LogP contribution in [0.1, 0.15) is 6.42 Å². The van der Waals surface area contributed by atoms with Crippen LogP contribution in [-0.2, 0) is 4.74 Å². The lowest BCUT2D eigenvalue weighted by Gasteiger charge is -2.26. The monoisotopic (exact) mass is 396 g/mol. The van der Waals surface area contributed by atoms with E-state index in [0.717, 1.165) is 72.4 Å². The topological polar surface area (TPSA) is 47.7 Å². The molecule has 144 valence electrons. The molecule has 1 fully saturated rings. The Morgan fingerprint density at radius 1 is 1.07 bits per heavy atom. The van der Waals surface area contributed by atoms with Crippen molar-refractivity contribution in [2.45, 2.75) is 6.42 Å². The van der Waals surface area contributed by atoms with Crippen LogP contribution in [0.5, 0.6) is 5.75 Å². The smallest absolute Gasteiger partial charge is 0.196 e. The van der Waals surface area contributed by atoms with Crippen molar-refractivity contribution in [1.82, 2.24) is 9.88 Å². The Bertz CT molecular complexity index is 1130. The van der Waals surface area contributed by atoms with Crippen molar-refractivity contribution < 1.29 is 13.9 Å². The van der Waals surface area contributed by atoms with Gasteiger partial charge >= 0.3 is 0 Å². The average Bonchev–Trinajstić information content (AvgIpc) is 3.09. The predicted molar refractivity (Wildman–Crippen MR) is 111 cm³/mol. The number of pyridine rings is 1. The lowest BCUT2D eigenvalue weighted by Crippen LogP contribution is -2.37. The summed E-state index contributed by atoms with van der Waals surface area (Å²) in [6, 6.07) is 13.6. The van der Waals surface area contributed by atoms with Gasteiger partial charge in [0.1, 0.15) is 11.1 Å². The number of furan rings is 1. The molecule has 0 N–H and O–H groups in total. The van der Waals surface area contributed by atoms with Crippen molar-refractivity contribution in [2.24, 2.45) is 0 Å². The highest BCUT2D eigenvalue weighted by atomic mass is 35.5.